The van der Waals surface area contributed by atoms with Crippen LogP contribution in [0.3, 0.4) is 0 Å². The normalized spacial score (nSPS) is 10.9. The average molecular weight is 378 g/mol. The van der Waals surface area contributed by atoms with E-state index >= 15 is 0 Å². The summed E-state index contributed by atoms with van der Waals surface area (Å²) in [7, 11) is 1.84. The van der Waals surface area contributed by atoms with E-state index in [9.17, 15) is 0 Å². The van der Waals surface area contributed by atoms with Crippen LogP contribution in [0.1, 0.15) is 0 Å². The van der Waals surface area contributed by atoms with Crippen LogP contribution < -0.4 is 5.32 Å². The van der Waals surface area contributed by atoms with Crippen molar-refractivity contribution in [1.82, 2.24) is 24.9 Å². The molecule has 5 rings (SSSR count). The fourth-order valence-corrected chi connectivity index (χ4v) is 3.40. The Morgan fingerprint density at radius 1 is 0.862 bits per heavy atom. The largest absolute Gasteiger partial charge is 0.373 e. The van der Waals surface area contributed by atoms with Crippen LogP contribution in [0.25, 0.3) is 44.8 Å². The zero-order valence-electron chi connectivity index (χ0n) is 15.8. The lowest BCUT2D eigenvalue weighted by atomic mass is 10.0. The number of rotatable bonds is 4. The quantitative estimate of drug-likeness (QED) is 0.470. The third kappa shape index (κ3) is 3.21. The maximum atomic E-state index is 4.75. The van der Waals surface area contributed by atoms with Crippen molar-refractivity contribution in [1.29, 1.82) is 0 Å². The van der Waals surface area contributed by atoms with Crippen LogP contribution in [0.15, 0.2) is 79.4 Å². The lowest BCUT2D eigenvalue weighted by Gasteiger charge is -2.09. The van der Waals surface area contributed by atoms with Gasteiger partial charge < -0.3 is 10.3 Å². The maximum absolute atomic E-state index is 4.75. The van der Waals surface area contributed by atoms with Gasteiger partial charge in [0.05, 0.1) is 5.69 Å². The van der Waals surface area contributed by atoms with Crippen LogP contribution in [0, 0.1) is 0 Å². The molecule has 0 radical (unpaired) electrons. The number of hydrogen-bond acceptors (Lipinski definition) is 5. The predicted molar refractivity (Wildman–Crippen MR) is 115 cm³/mol. The molecule has 140 valence electrons. The van der Waals surface area contributed by atoms with Crippen LogP contribution >= 0.6 is 0 Å². The molecule has 0 aliphatic rings. The fourth-order valence-electron chi connectivity index (χ4n) is 3.40. The van der Waals surface area contributed by atoms with E-state index in [4.69, 9.17) is 4.98 Å². The minimum absolute atomic E-state index is 0.575. The summed E-state index contributed by atoms with van der Waals surface area (Å²) in [6.07, 6.45) is 7.40. The van der Waals surface area contributed by atoms with Gasteiger partial charge in [-0.2, -0.15) is 0 Å². The van der Waals surface area contributed by atoms with Crippen LogP contribution in [-0.2, 0) is 0 Å². The molecule has 4 heterocycles. The molecule has 4 aromatic heterocycles. The van der Waals surface area contributed by atoms with Gasteiger partial charge in [0.1, 0.15) is 11.5 Å². The van der Waals surface area contributed by atoms with E-state index in [0.29, 0.717) is 5.82 Å². The highest BCUT2D eigenvalue weighted by molar-refractivity contribution is 5.95. The van der Waals surface area contributed by atoms with Gasteiger partial charge in [-0.15, -0.1) is 0 Å². The number of aromatic nitrogens is 5. The van der Waals surface area contributed by atoms with Crippen molar-refractivity contribution >= 4 is 16.7 Å². The average Bonchev–Trinajstić information content (AvgIpc) is 3.28. The molecule has 29 heavy (non-hydrogen) atoms. The first kappa shape index (κ1) is 17.1. The van der Waals surface area contributed by atoms with Crippen molar-refractivity contribution in [2.45, 2.75) is 0 Å². The van der Waals surface area contributed by atoms with Gasteiger partial charge in [0, 0.05) is 59.9 Å². The number of nitrogens with zero attached hydrogens (tertiary/aromatic N) is 4. The standard InChI is InChI=1S/C23H18N6/c1-24-22-12-21(28-23(29-22)20-6-2-3-9-26-20)16-11-15(13-25-14-16)17-5-4-7-19-18(17)8-10-27-19/h2-14,27H,1H3,(H,24,28,29). The van der Waals surface area contributed by atoms with E-state index in [1.165, 1.54) is 5.39 Å². The van der Waals surface area contributed by atoms with Crippen LogP contribution in [0.2, 0.25) is 0 Å². The van der Waals surface area contributed by atoms with Crippen molar-refractivity contribution in [3.63, 3.8) is 0 Å². The van der Waals surface area contributed by atoms with E-state index < -0.39 is 0 Å². The van der Waals surface area contributed by atoms with Crippen molar-refractivity contribution < 1.29 is 0 Å². The molecular formula is C23H18N6. The Balaban J connectivity index is 1.64. The molecule has 0 unspecified atom stereocenters. The molecule has 1 aromatic carbocycles. The predicted octanol–water partition coefficient (Wildman–Crippen LogP) is 4.79. The summed E-state index contributed by atoms with van der Waals surface area (Å²) in [6.45, 7) is 0. The first-order valence-electron chi connectivity index (χ1n) is 9.32. The number of fused-ring (bicyclic) bond motifs is 1. The van der Waals surface area contributed by atoms with E-state index in [2.05, 4.69) is 49.5 Å². The number of hydrogen-bond donors (Lipinski definition) is 2. The Bertz CT molecular complexity index is 1290. The first-order valence-corrected chi connectivity index (χ1v) is 9.32. The van der Waals surface area contributed by atoms with Crippen LogP contribution in [0.4, 0.5) is 5.82 Å². The number of aromatic amines is 1. The van der Waals surface area contributed by atoms with E-state index in [0.717, 1.165) is 39.4 Å². The molecular weight excluding hydrogens is 360 g/mol. The molecule has 0 fully saturated rings. The second-order valence-corrected chi connectivity index (χ2v) is 6.63. The third-order valence-corrected chi connectivity index (χ3v) is 4.82. The number of benzene rings is 1. The van der Waals surface area contributed by atoms with Gasteiger partial charge in [-0.1, -0.05) is 18.2 Å². The van der Waals surface area contributed by atoms with Gasteiger partial charge in [0.15, 0.2) is 5.82 Å². The Morgan fingerprint density at radius 3 is 2.66 bits per heavy atom. The smallest absolute Gasteiger partial charge is 0.180 e. The lowest BCUT2D eigenvalue weighted by molar-refractivity contribution is 1.13. The molecule has 0 saturated heterocycles. The van der Waals surface area contributed by atoms with Gasteiger partial charge in [-0.25, -0.2) is 9.97 Å². The molecule has 0 aliphatic heterocycles. The highest BCUT2D eigenvalue weighted by atomic mass is 15.0. The Labute approximate surface area is 167 Å². The van der Waals surface area contributed by atoms with Crippen LogP contribution in [-0.4, -0.2) is 32.0 Å². The highest BCUT2D eigenvalue weighted by Gasteiger charge is 2.11. The van der Waals surface area contributed by atoms with Gasteiger partial charge in [0.25, 0.3) is 0 Å². The fraction of sp³-hybridized carbons (Fsp3) is 0.0435. The summed E-state index contributed by atoms with van der Waals surface area (Å²) in [5.41, 5.74) is 5.71. The molecule has 0 atom stereocenters. The number of nitrogens with one attached hydrogen (secondary N) is 2. The molecule has 6 heteroatoms. The van der Waals surface area contributed by atoms with Gasteiger partial charge in [0.2, 0.25) is 0 Å². The summed E-state index contributed by atoms with van der Waals surface area (Å²) in [6, 6.07) is 18.0. The molecule has 0 bridgehead atoms. The Hall–Kier alpha value is -4.06. The summed E-state index contributed by atoms with van der Waals surface area (Å²) < 4.78 is 0. The second kappa shape index (κ2) is 7.16. The Kier molecular flexibility index (Phi) is 4.22. The molecule has 0 amide bonds. The maximum Gasteiger partial charge on any atom is 0.180 e. The zero-order chi connectivity index (χ0) is 19.6. The van der Waals surface area contributed by atoms with E-state index in [-0.39, 0.29) is 0 Å². The molecule has 5 aromatic rings. The molecule has 0 spiro atoms. The van der Waals surface area contributed by atoms with Gasteiger partial charge in [-0.3, -0.25) is 9.97 Å². The molecule has 2 N–H and O–H groups in total. The summed E-state index contributed by atoms with van der Waals surface area (Å²) in [5.74, 6) is 1.30. The molecule has 0 saturated carbocycles. The van der Waals surface area contributed by atoms with Gasteiger partial charge in [-0.05, 0) is 35.9 Å². The summed E-state index contributed by atoms with van der Waals surface area (Å²) >= 11 is 0. The minimum atomic E-state index is 0.575. The van der Waals surface area contributed by atoms with E-state index in [1.54, 1.807) is 6.20 Å². The van der Waals surface area contributed by atoms with Crippen molar-refractivity contribution in [2.75, 3.05) is 12.4 Å². The first-order chi connectivity index (χ1) is 14.3. The second-order valence-electron chi connectivity index (χ2n) is 6.63. The minimum Gasteiger partial charge on any atom is -0.373 e. The monoisotopic (exact) mass is 378 g/mol. The SMILES string of the molecule is CNc1cc(-c2cncc(-c3cccc4[nH]ccc34)c2)nc(-c2ccccn2)n1. The third-order valence-electron chi connectivity index (χ3n) is 4.82. The van der Waals surface area contributed by atoms with E-state index in [1.807, 2.05) is 56.0 Å². The number of H-pyrrole nitrogens is 1. The topological polar surface area (TPSA) is 79.4 Å². The zero-order valence-corrected chi connectivity index (χ0v) is 15.8. The molecule has 6 nitrogen and oxygen atoms in total. The van der Waals surface area contributed by atoms with Crippen molar-refractivity contribution in [2.24, 2.45) is 0 Å². The number of pyridine rings is 2. The van der Waals surface area contributed by atoms with Gasteiger partial charge >= 0.3 is 0 Å². The van der Waals surface area contributed by atoms with Crippen molar-refractivity contribution in [3.8, 4) is 33.9 Å². The summed E-state index contributed by atoms with van der Waals surface area (Å²) in [4.78, 5) is 21.4. The highest BCUT2D eigenvalue weighted by Crippen LogP contribution is 2.31. The number of anilines is 1. The van der Waals surface area contributed by atoms with Crippen molar-refractivity contribution in [3.05, 3.63) is 79.4 Å². The molecule has 0 aliphatic carbocycles. The van der Waals surface area contributed by atoms with Crippen LogP contribution in [0.5, 0.6) is 0 Å². The summed E-state index contributed by atoms with van der Waals surface area (Å²) in [5, 5.41) is 4.28. The Morgan fingerprint density at radius 2 is 1.79 bits per heavy atom. The lowest BCUT2D eigenvalue weighted by Crippen LogP contribution is -2.00.